The fraction of sp³-hybridized carbons (Fsp3) is 0.100. The number of rotatable bonds is 3. The predicted octanol–water partition coefficient (Wildman–Crippen LogP) is 3.29. The first-order valence-electron chi connectivity index (χ1n) is 3.77. The van der Waals surface area contributed by atoms with E-state index in [0.717, 1.165) is 5.56 Å². The Kier molecular flexibility index (Phi) is 3.53. The molecule has 3 heteroatoms. The molecule has 0 N–H and O–H groups in total. The summed E-state index contributed by atoms with van der Waals surface area (Å²) in [5.74, 6) is 0. The van der Waals surface area contributed by atoms with E-state index >= 15 is 0 Å². The molecule has 1 rings (SSSR count). The molecule has 0 aromatic heterocycles. The van der Waals surface area contributed by atoms with Crippen molar-refractivity contribution in [2.45, 2.75) is 6.10 Å². The molecule has 1 unspecified atom stereocenters. The molecule has 0 aliphatic carbocycles. The molecule has 0 heterocycles. The van der Waals surface area contributed by atoms with Gasteiger partial charge < -0.3 is 4.74 Å². The van der Waals surface area contributed by atoms with E-state index in [4.69, 9.17) is 16.3 Å². The van der Waals surface area contributed by atoms with Crippen molar-refractivity contribution in [2.75, 3.05) is 0 Å². The quantitative estimate of drug-likeness (QED) is 0.548. The van der Waals surface area contributed by atoms with Gasteiger partial charge in [0.25, 0.3) is 0 Å². The lowest BCUT2D eigenvalue weighted by molar-refractivity contribution is 0.146. The second-order valence-electron chi connectivity index (χ2n) is 2.42. The molecular weight excluding hydrogens is 188 g/mol. The molecule has 0 saturated heterocycles. The highest BCUT2D eigenvalue weighted by atomic mass is 35.5. The highest BCUT2D eigenvalue weighted by Crippen LogP contribution is 2.18. The van der Waals surface area contributed by atoms with Crippen molar-refractivity contribution in [1.82, 2.24) is 0 Å². The van der Waals surface area contributed by atoms with Gasteiger partial charge in [-0.3, -0.25) is 0 Å². The Hall–Kier alpha value is -1.28. The van der Waals surface area contributed by atoms with Crippen LogP contribution in [0.2, 0.25) is 0 Å². The van der Waals surface area contributed by atoms with Gasteiger partial charge in [-0.25, -0.2) is 4.79 Å². The topological polar surface area (TPSA) is 26.3 Å². The van der Waals surface area contributed by atoms with E-state index in [0.29, 0.717) is 0 Å². The number of ether oxygens (including phenoxy) is 1. The minimum Gasteiger partial charge on any atom is -0.441 e. The second-order valence-corrected chi connectivity index (χ2v) is 2.73. The van der Waals surface area contributed by atoms with Crippen molar-refractivity contribution in [1.29, 1.82) is 0 Å². The maximum absolute atomic E-state index is 10.5. The van der Waals surface area contributed by atoms with Crippen molar-refractivity contribution in [3.8, 4) is 0 Å². The highest BCUT2D eigenvalue weighted by molar-refractivity contribution is 6.61. The number of carbonyl (C=O) groups is 1. The lowest BCUT2D eigenvalue weighted by atomic mass is 10.1. The number of hydrogen-bond acceptors (Lipinski definition) is 2. The van der Waals surface area contributed by atoms with Crippen LogP contribution in [0.1, 0.15) is 11.7 Å². The zero-order chi connectivity index (χ0) is 9.68. The van der Waals surface area contributed by atoms with E-state index in [9.17, 15) is 4.79 Å². The van der Waals surface area contributed by atoms with Crippen molar-refractivity contribution >= 4 is 17.0 Å². The van der Waals surface area contributed by atoms with E-state index in [1.54, 1.807) is 0 Å². The maximum Gasteiger partial charge on any atom is 0.404 e. The Balaban J connectivity index is 2.78. The van der Waals surface area contributed by atoms with E-state index in [1.165, 1.54) is 6.08 Å². The van der Waals surface area contributed by atoms with Crippen LogP contribution in [0.4, 0.5) is 4.79 Å². The van der Waals surface area contributed by atoms with Gasteiger partial charge in [-0.2, -0.15) is 0 Å². The van der Waals surface area contributed by atoms with Gasteiger partial charge in [0, 0.05) is 11.6 Å². The molecule has 1 aromatic carbocycles. The van der Waals surface area contributed by atoms with E-state index in [1.807, 2.05) is 30.3 Å². The molecule has 0 fully saturated rings. The number of benzene rings is 1. The first-order chi connectivity index (χ1) is 6.24. The molecule has 0 radical (unpaired) electrons. The first-order valence-corrected chi connectivity index (χ1v) is 4.15. The fourth-order valence-corrected chi connectivity index (χ4v) is 1.09. The van der Waals surface area contributed by atoms with Crippen LogP contribution in [0, 0.1) is 0 Å². The largest absolute Gasteiger partial charge is 0.441 e. The van der Waals surface area contributed by atoms with Gasteiger partial charge in [0.05, 0.1) is 0 Å². The lowest BCUT2D eigenvalue weighted by Crippen LogP contribution is -2.02. The van der Waals surface area contributed by atoms with Crippen LogP contribution in [0.3, 0.4) is 0 Å². The summed E-state index contributed by atoms with van der Waals surface area (Å²) in [6, 6.07) is 9.27. The average molecular weight is 197 g/mol. The third kappa shape index (κ3) is 2.92. The normalized spacial score (nSPS) is 11.8. The van der Waals surface area contributed by atoms with Gasteiger partial charge in [-0.15, -0.1) is 0 Å². The Morgan fingerprint density at radius 2 is 2.08 bits per heavy atom. The minimum atomic E-state index is -0.825. The van der Waals surface area contributed by atoms with Crippen molar-refractivity contribution < 1.29 is 9.53 Å². The summed E-state index contributed by atoms with van der Waals surface area (Å²) < 4.78 is 4.79. The molecule has 13 heavy (non-hydrogen) atoms. The lowest BCUT2D eigenvalue weighted by Gasteiger charge is -2.11. The van der Waals surface area contributed by atoms with Gasteiger partial charge in [-0.1, -0.05) is 36.9 Å². The van der Waals surface area contributed by atoms with Gasteiger partial charge in [-0.05, 0) is 11.6 Å². The van der Waals surface area contributed by atoms with Crippen LogP contribution < -0.4 is 0 Å². The highest BCUT2D eigenvalue weighted by Gasteiger charge is 2.10. The van der Waals surface area contributed by atoms with Gasteiger partial charge >= 0.3 is 5.43 Å². The molecule has 68 valence electrons. The van der Waals surface area contributed by atoms with E-state index in [-0.39, 0.29) is 0 Å². The fourth-order valence-electron chi connectivity index (χ4n) is 0.995. The molecule has 0 bridgehead atoms. The van der Waals surface area contributed by atoms with Crippen molar-refractivity contribution in [3.05, 3.63) is 48.6 Å². The number of halogens is 1. The predicted molar refractivity (Wildman–Crippen MR) is 51.7 cm³/mol. The standard InChI is InChI=1S/C10H9ClO2/c1-2-9(13-10(11)12)8-6-4-3-5-7-8/h2-7,9H,1H2. The van der Waals surface area contributed by atoms with Crippen LogP contribution >= 0.6 is 11.6 Å². The van der Waals surface area contributed by atoms with Crippen LogP contribution in [0.25, 0.3) is 0 Å². The molecule has 1 aromatic rings. The van der Waals surface area contributed by atoms with Gasteiger partial charge in [0.15, 0.2) is 0 Å². The second kappa shape index (κ2) is 4.67. The molecule has 0 spiro atoms. The summed E-state index contributed by atoms with van der Waals surface area (Å²) in [6.07, 6.45) is 1.06. The zero-order valence-electron chi connectivity index (χ0n) is 6.94. The summed E-state index contributed by atoms with van der Waals surface area (Å²) in [5.41, 5.74) is 0.0280. The molecule has 0 amide bonds. The zero-order valence-corrected chi connectivity index (χ0v) is 7.70. The summed E-state index contributed by atoms with van der Waals surface area (Å²) in [5, 5.41) is 0. The summed E-state index contributed by atoms with van der Waals surface area (Å²) in [4.78, 5) is 10.5. The SMILES string of the molecule is C=CC(OC(=O)Cl)c1ccccc1. The first kappa shape index (κ1) is 9.81. The number of carbonyl (C=O) groups excluding carboxylic acids is 1. The molecule has 0 saturated carbocycles. The molecule has 0 aliphatic heterocycles. The Morgan fingerprint density at radius 1 is 1.46 bits per heavy atom. The maximum atomic E-state index is 10.5. The molecule has 0 aliphatic rings. The summed E-state index contributed by atoms with van der Waals surface area (Å²) >= 11 is 5.09. The Bertz CT molecular complexity index is 295. The van der Waals surface area contributed by atoms with Gasteiger partial charge in [0.2, 0.25) is 0 Å². The van der Waals surface area contributed by atoms with E-state index < -0.39 is 11.5 Å². The molecule has 1 atom stereocenters. The van der Waals surface area contributed by atoms with E-state index in [2.05, 4.69) is 6.58 Å². The monoisotopic (exact) mass is 196 g/mol. The smallest absolute Gasteiger partial charge is 0.404 e. The van der Waals surface area contributed by atoms with Crippen LogP contribution in [-0.2, 0) is 4.74 Å². The average Bonchev–Trinajstić information content (AvgIpc) is 2.15. The van der Waals surface area contributed by atoms with Gasteiger partial charge in [0.1, 0.15) is 6.10 Å². The minimum absolute atomic E-state index is 0.466. The number of hydrogen-bond donors (Lipinski definition) is 0. The Labute approximate surface area is 81.8 Å². The molecular formula is C10H9ClO2. The third-order valence-electron chi connectivity index (χ3n) is 1.56. The third-order valence-corrected chi connectivity index (χ3v) is 1.65. The van der Waals surface area contributed by atoms with Crippen molar-refractivity contribution in [3.63, 3.8) is 0 Å². The Morgan fingerprint density at radius 3 is 2.54 bits per heavy atom. The van der Waals surface area contributed by atoms with Crippen LogP contribution in [0.15, 0.2) is 43.0 Å². The van der Waals surface area contributed by atoms with Crippen LogP contribution in [-0.4, -0.2) is 5.43 Å². The molecule has 2 nitrogen and oxygen atoms in total. The van der Waals surface area contributed by atoms with Crippen LogP contribution in [0.5, 0.6) is 0 Å². The van der Waals surface area contributed by atoms with Crippen molar-refractivity contribution in [2.24, 2.45) is 0 Å². The summed E-state index contributed by atoms with van der Waals surface area (Å²) in [6.45, 7) is 3.55. The summed E-state index contributed by atoms with van der Waals surface area (Å²) in [7, 11) is 0.